The first kappa shape index (κ1) is 16.5. The number of aliphatic hydroxyl groups is 1. The number of aryl methyl sites for hydroxylation is 1. The van der Waals surface area contributed by atoms with Crippen molar-refractivity contribution in [3.05, 3.63) is 17.5 Å². The molecule has 1 aliphatic rings. The van der Waals surface area contributed by atoms with Crippen LogP contribution in [0.15, 0.2) is 6.20 Å². The minimum Gasteiger partial charge on any atom is -0.395 e. The van der Waals surface area contributed by atoms with E-state index in [1.165, 1.54) is 18.4 Å². The molecule has 0 aromatic carbocycles. The number of aromatic nitrogens is 2. The Kier molecular flexibility index (Phi) is 5.41. The van der Waals surface area contributed by atoms with E-state index in [-0.39, 0.29) is 12.0 Å². The maximum atomic E-state index is 9.34. The molecule has 0 amide bonds. The van der Waals surface area contributed by atoms with Crippen molar-refractivity contribution in [2.45, 2.75) is 51.6 Å². The van der Waals surface area contributed by atoms with Gasteiger partial charge in [-0.2, -0.15) is 5.10 Å². The van der Waals surface area contributed by atoms with E-state index in [0.717, 1.165) is 31.9 Å². The summed E-state index contributed by atoms with van der Waals surface area (Å²) >= 11 is 0. The lowest BCUT2D eigenvalue weighted by molar-refractivity contribution is 0.178. The van der Waals surface area contributed by atoms with Gasteiger partial charge in [-0.25, -0.2) is 0 Å². The fourth-order valence-corrected chi connectivity index (χ4v) is 3.13. The summed E-state index contributed by atoms with van der Waals surface area (Å²) in [6.07, 6.45) is 4.62. The zero-order valence-corrected chi connectivity index (χ0v) is 13.9. The Bertz CT molecular complexity index is 444. The molecule has 0 aliphatic carbocycles. The molecule has 1 aromatic heterocycles. The van der Waals surface area contributed by atoms with Crippen molar-refractivity contribution in [2.75, 3.05) is 26.2 Å². The van der Waals surface area contributed by atoms with E-state index in [1.54, 1.807) is 0 Å². The predicted octanol–water partition coefficient (Wildman–Crippen LogP) is 1.26. The Morgan fingerprint density at radius 1 is 1.48 bits per heavy atom. The zero-order chi connectivity index (χ0) is 15.5. The molecule has 2 rings (SSSR count). The van der Waals surface area contributed by atoms with Crippen LogP contribution in [0.3, 0.4) is 0 Å². The Balaban J connectivity index is 2.08. The molecule has 1 unspecified atom stereocenters. The van der Waals surface area contributed by atoms with Crippen molar-refractivity contribution < 1.29 is 5.11 Å². The van der Waals surface area contributed by atoms with Crippen LogP contribution in [0.1, 0.15) is 44.9 Å². The topological polar surface area (TPSA) is 53.3 Å². The van der Waals surface area contributed by atoms with E-state index < -0.39 is 0 Å². The molecule has 21 heavy (non-hydrogen) atoms. The SMILES string of the molecule is Cn1cc(CN(CCO)CC2CCCN2)c(C(C)(C)C)n1. The van der Waals surface area contributed by atoms with Crippen LogP contribution in [0.25, 0.3) is 0 Å². The van der Waals surface area contributed by atoms with Crippen molar-refractivity contribution in [3.63, 3.8) is 0 Å². The third kappa shape index (κ3) is 4.53. The lowest BCUT2D eigenvalue weighted by atomic mass is 9.89. The van der Waals surface area contributed by atoms with E-state index >= 15 is 0 Å². The van der Waals surface area contributed by atoms with Crippen LogP contribution in [0, 0.1) is 0 Å². The maximum absolute atomic E-state index is 9.34. The molecule has 5 heteroatoms. The summed E-state index contributed by atoms with van der Waals surface area (Å²) < 4.78 is 1.90. The third-order valence-electron chi connectivity index (χ3n) is 4.07. The van der Waals surface area contributed by atoms with Gasteiger partial charge in [0.15, 0.2) is 0 Å². The van der Waals surface area contributed by atoms with Gasteiger partial charge in [0.1, 0.15) is 0 Å². The Hall–Kier alpha value is -0.910. The van der Waals surface area contributed by atoms with Crippen molar-refractivity contribution in [2.24, 2.45) is 7.05 Å². The minimum atomic E-state index is 0.0487. The van der Waals surface area contributed by atoms with Gasteiger partial charge in [0.2, 0.25) is 0 Å². The van der Waals surface area contributed by atoms with Gasteiger partial charge in [0.05, 0.1) is 12.3 Å². The Morgan fingerprint density at radius 3 is 2.81 bits per heavy atom. The third-order valence-corrected chi connectivity index (χ3v) is 4.07. The monoisotopic (exact) mass is 294 g/mol. The van der Waals surface area contributed by atoms with Crippen LogP contribution < -0.4 is 5.32 Å². The molecule has 0 spiro atoms. The van der Waals surface area contributed by atoms with Crippen LogP contribution >= 0.6 is 0 Å². The summed E-state index contributed by atoms with van der Waals surface area (Å²) in [5, 5.41) is 17.5. The summed E-state index contributed by atoms with van der Waals surface area (Å²) in [7, 11) is 1.98. The first-order valence-corrected chi connectivity index (χ1v) is 7.99. The summed E-state index contributed by atoms with van der Waals surface area (Å²) in [6, 6.07) is 0.561. The molecule has 2 N–H and O–H groups in total. The maximum Gasteiger partial charge on any atom is 0.0722 e. The van der Waals surface area contributed by atoms with Gasteiger partial charge in [-0.15, -0.1) is 0 Å². The number of nitrogens with zero attached hydrogens (tertiary/aromatic N) is 3. The molecule has 1 fully saturated rings. The number of nitrogens with one attached hydrogen (secondary N) is 1. The second kappa shape index (κ2) is 6.90. The summed E-state index contributed by atoms with van der Waals surface area (Å²) in [5.74, 6) is 0. The quantitative estimate of drug-likeness (QED) is 0.829. The largest absolute Gasteiger partial charge is 0.395 e. The van der Waals surface area contributed by atoms with E-state index in [1.807, 2.05) is 11.7 Å². The van der Waals surface area contributed by atoms with E-state index in [0.29, 0.717) is 6.04 Å². The smallest absolute Gasteiger partial charge is 0.0722 e. The van der Waals surface area contributed by atoms with E-state index in [4.69, 9.17) is 0 Å². The minimum absolute atomic E-state index is 0.0487. The van der Waals surface area contributed by atoms with Gasteiger partial charge in [-0.05, 0) is 19.4 Å². The molecule has 0 bridgehead atoms. The fourth-order valence-electron chi connectivity index (χ4n) is 3.13. The van der Waals surface area contributed by atoms with Crippen LogP contribution in [0.4, 0.5) is 0 Å². The summed E-state index contributed by atoms with van der Waals surface area (Å²) in [4.78, 5) is 2.34. The standard InChI is InChI=1S/C16H30N4O/c1-16(2,3)15-13(10-19(4)18-15)11-20(8-9-21)12-14-6-5-7-17-14/h10,14,17,21H,5-9,11-12H2,1-4H3. The van der Waals surface area contributed by atoms with Crippen molar-refractivity contribution in [3.8, 4) is 0 Å². The first-order valence-electron chi connectivity index (χ1n) is 7.99. The molecule has 0 saturated carbocycles. The Labute approximate surface area is 128 Å². The number of hydrogen-bond donors (Lipinski definition) is 2. The highest BCUT2D eigenvalue weighted by Crippen LogP contribution is 2.25. The molecule has 2 heterocycles. The van der Waals surface area contributed by atoms with Crippen LogP contribution in [-0.2, 0) is 19.0 Å². The van der Waals surface area contributed by atoms with Gasteiger partial charge in [0, 0.05) is 49.9 Å². The van der Waals surface area contributed by atoms with Crippen LogP contribution in [-0.4, -0.2) is 52.1 Å². The van der Waals surface area contributed by atoms with Gasteiger partial charge < -0.3 is 10.4 Å². The van der Waals surface area contributed by atoms with Crippen molar-refractivity contribution >= 4 is 0 Å². The second-order valence-corrected chi connectivity index (χ2v) is 7.18. The lowest BCUT2D eigenvalue weighted by Gasteiger charge is -2.26. The highest BCUT2D eigenvalue weighted by atomic mass is 16.3. The average Bonchev–Trinajstić information content (AvgIpc) is 2.98. The molecule has 120 valence electrons. The number of rotatable bonds is 6. The van der Waals surface area contributed by atoms with E-state index in [9.17, 15) is 5.11 Å². The van der Waals surface area contributed by atoms with Gasteiger partial charge >= 0.3 is 0 Å². The van der Waals surface area contributed by atoms with Gasteiger partial charge in [0.25, 0.3) is 0 Å². The highest BCUT2D eigenvalue weighted by Gasteiger charge is 2.24. The zero-order valence-electron chi connectivity index (χ0n) is 13.9. The second-order valence-electron chi connectivity index (χ2n) is 7.18. The van der Waals surface area contributed by atoms with Crippen LogP contribution in [0.2, 0.25) is 0 Å². The normalized spacial score (nSPS) is 19.6. The highest BCUT2D eigenvalue weighted by molar-refractivity contribution is 5.24. The molecular formula is C16H30N4O. The first-order chi connectivity index (χ1) is 9.90. The van der Waals surface area contributed by atoms with Crippen LogP contribution in [0.5, 0.6) is 0 Å². The van der Waals surface area contributed by atoms with Gasteiger partial charge in [-0.3, -0.25) is 9.58 Å². The lowest BCUT2D eigenvalue weighted by Crippen LogP contribution is -2.38. The molecule has 1 saturated heterocycles. The van der Waals surface area contributed by atoms with E-state index in [2.05, 4.69) is 42.3 Å². The molecule has 5 nitrogen and oxygen atoms in total. The molecule has 1 atom stereocenters. The molecule has 0 radical (unpaired) electrons. The number of hydrogen-bond acceptors (Lipinski definition) is 4. The molecule has 1 aromatic rings. The fraction of sp³-hybridized carbons (Fsp3) is 0.812. The summed E-state index contributed by atoms with van der Waals surface area (Å²) in [5.41, 5.74) is 2.48. The molecule has 1 aliphatic heterocycles. The van der Waals surface area contributed by atoms with Crippen molar-refractivity contribution in [1.82, 2.24) is 20.0 Å². The Morgan fingerprint density at radius 2 is 2.24 bits per heavy atom. The predicted molar refractivity (Wildman–Crippen MR) is 85.3 cm³/mol. The average molecular weight is 294 g/mol. The van der Waals surface area contributed by atoms with Gasteiger partial charge in [-0.1, -0.05) is 20.8 Å². The van der Waals surface area contributed by atoms with Crippen molar-refractivity contribution in [1.29, 1.82) is 0 Å². The molecular weight excluding hydrogens is 264 g/mol. The number of aliphatic hydroxyl groups excluding tert-OH is 1. The summed E-state index contributed by atoms with van der Waals surface area (Å²) in [6.45, 7) is 10.5.